The van der Waals surface area contributed by atoms with E-state index in [1.54, 1.807) is 0 Å². The van der Waals surface area contributed by atoms with Crippen LogP contribution in [0.3, 0.4) is 0 Å². The van der Waals surface area contributed by atoms with E-state index in [1.165, 1.54) is 25.8 Å². The normalized spacial score (nSPS) is 40.4. The molecule has 98 valence electrons. The summed E-state index contributed by atoms with van der Waals surface area (Å²) >= 11 is 0. The van der Waals surface area contributed by atoms with E-state index in [2.05, 4.69) is 12.2 Å². The molecule has 2 aliphatic heterocycles. The molecule has 1 saturated carbocycles. The zero-order valence-corrected chi connectivity index (χ0v) is 10.9. The van der Waals surface area contributed by atoms with Crippen molar-refractivity contribution in [3.63, 3.8) is 0 Å². The van der Waals surface area contributed by atoms with Gasteiger partial charge in [0.05, 0.1) is 5.60 Å². The van der Waals surface area contributed by atoms with Gasteiger partial charge in [-0.3, -0.25) is 0 Å². The van der Waals surface area contributed by atoms with Crippen molar-refractivity contribution < 1.29 is 9.47 Å². The molecule has 0 bridgehead atoms. The number of nitrogens with one attached hydrogen (secondary N) is 1. The monoisotopic (exact) mass is 239 g/mol. The van der Waals surface area contributed by atoms with Gasteiger partial charge < -0.3 is 14.8 Å². The Morgan fingerprint density at radius 2 is 2.00 bits per heavy atom. The summed E-state index contributed by atoms with van der Waals surface area (Å²) in [4.78, 5) is 0. The standard InChI is InChI=1S/C14H25NO2/c1-11-8-12(11)10-15-13-2-5-17-14(9-13)3-6-16-7-4-14/h11-13,15H,2-10H2,1H3. The van der Waals surface area contributed by atoms with Gasteiger partial charge in [0.25, 0.3) is 0 Å². The smallest absolute Gasteiger partial charge is 0.0741 e. The van der Waals surface area contributed by atoms with E-state index in [0.29, 0.717) is 6.04 Å². The second-order valence-electron chi connectivity index (χ2n) is 6.21. The molecule has 17 heavy (non-hydrogen) atoms. The lowest BCUT2D eigenvalue weighted by atomic mass is 9.84. The summed E-state index contributed by atoms with van der Waals surface area (Å²) in [5.74, 6) is 1.91. The summed E-state index contributed by atoms with van der Waals surface area (Å²) in [6, 6.07) is 0.676. The molecule has 3 aliphatic rings. The minimum atomic E-state index is 0.142. The van der Waals surface area contributed by atoms with Crippen molar-refractivity contribution in [2.75, 3.05) is 26.4 Å². The molecular formula is C14H25NO2. The van der Waals surface area contributed by atoms with Crippen LogP contribution in [0.5, 0.6) is 0 Å². The molecule has 1 spiro atoms. The van der Waals surface area contributed by atoms with Crippen molar-refractivity contribution in [3.05, 3.63) is 0 Å². The Bertz CT molecular complexity index is 257. The molecule has 3 nitrogen and oxygen atoms in total. The first-order valence-electron chi connectivity index (χ1n) is 7.22. The number of ether oxygens (including phenoxy) is 2. The Kier molecular flexibility index (Phi) is 3.42. The highest BCUT2D eigenvalue weighted by Crippen LogP contribution is 2.38. The van der Waals surface area contributed by atoms with Crippen LogP contribution in [0.2, 0.25) is 0 Å². The maximum absolute atomic E-state index is 6.06. The molecule has 3 fully saturated rings. The topological polar surface area (TPSA) is 30.5 Å². The molecule has 0 radical (unpaired) electrons. The van der Waals surface area contributed by atoms with E-state index < -0.39 is 0 Å². The Balaban J connectivity index is 1.48. The fraction of sp³-hybridized carbons (Fsp3) is 1.00. The summed E-state index contributed by atoms with van der Waals surface area (Å²) in [5.41, 5.74) is 0.142. The molecule has 3 atom stereocenters. The molecule has 1 N–H and O–H groups in total. The highest BCUT2D eigenvalue weighted by atomic mass is 16.5. The van der Waals surface area contributed by atoms with Gasteiger partial charge in [-0.2, -0.15) is 0 Å². The first-order chi connectivity index (χ1) is 8.27. The van der Waals surface area contributed by atoms with Gasteiger partial charge in [0.1, 0.15) is 0 Å². The van der Waals surface area contributed by atoms with E-state index >= 15 is 0 Å². The lowest BCUT2D eigenvalue weighted by molar-refractivity contribution is -0.140. The fourth-order valence-corrected chi connectivity index (χ4v) is 3.30. The van der Waals surface area contributed by atoms with Gasteiger partial charge >= 0.3 is 0 Å². The molecule has 0 amide bonds. The van der Waals surface area contributed by atoms with Crippen LogP contribution in [0.25, 0.3) is 0 Å². The molecule has 1 aliphatic carbocycles. The molecule has 0 aromatic carbocycles. The predicted molar refractivity (Wildman–Crippen MR) is 67.0 cm³/mol. The van der Waals surface area contributed by atoms with Gasteiger partial charge in [-0.25, -0.2) is 0 Å². The largest absolute Gasteiger partial charge is 0.381 e. The van der Waals surface area contributed by atoms with Crippen LogP contribution in [0.15, 0.2) is 0 Å². The van der Waals surface area contributed by atoms with Crippen LogP contribution in [-0.2, 0) is 9.47 Å². The van der Waals surface area contributed by atoms with Crippen LogP contribution in [0.4, 0.5) is 0 Å². The molecule has 2 heterocycles. The summed E-state index contributed by atoms with van der Waals surface area (Å²) in [7, 11) is 0. The predicted octanol–water partition coefficient (Wildman–Crippen LogP) is 1.96. The van der Waals surface area contributed by atoms with Crippen molar-refractivity contribution >= 4 is 0 Å². The van der Waals surface area contributed by atoms with E-state index in [0.717, 1.165) is 44.5 Å². The Morgan fingerprint density at radius 3 is 2.71 bits per heavy atom. The summed E-state index contributed by atoms with van der Waals surface area (Å²) in [6.07, 6.45) is 5.98. The third-order valence-electron chi connectivity index (χ3n) is 4.84. The number of hydrogen-bond donors (Lipinski definition) is 1. The molecule has 3 unspecified atom stereocenters. The average molecular weight is 239 g/mol. The zero-order valence-electron chi connectivity index (χ0n) is 10.9. The molecule has 3 rings (SSSR count). The van der Waals surface area contributed by atoms with E-state index in [4.69, 9.17) is 9.47 Å². The molecule has 2 saturated heterocycles. The van der Waals surface area contributed by atoms with Crippen LogP contribution < -0.4 is 5.32 Å². The first kappa shape index (κ1) is 11.9. The van der Waals surface area contributed by atoms with E-state index in [9.17, 15) is 0 Å². The van der Waals surface area contributed by atoms with Crippen molar-refractivity contribution in [2.24, 2.45) is 11.8 Å². The van der Waals surface area contributed by atoms with Gasteiger partial charge in [-0.15, -0.1) is 0 Å². The van der Waals surface area contributed by atoms with Crippen molar-refractivity contribution in [1.82, 2.24) is 5.32 Å². The van der Waals surface area contributed by atoms with E-state index in [-0.39, 0.29) is 5.60 Å². The molecule has 0 aromatic rings. The van der Waals surface area contributed by atoms with Crippen LogP contribution in [0.1, 0.15) is 39.0 Å². The van der Waals surface area contributed by atoms with Crippen molar-refractivity contribution in [3.8, 4) is 0 Å². The number of hydrogen-bond acceptors (Lipinski definition) is 3. The maximum atomic E-state index is 6.06. The summed E-state index contributed by atoms with van der Waals surface area (Å²) < 4.78 is 11.5. The minimum absolute atomic E-state index is 0.142. The zero-order chi connectivity index (χ0) is 11.7. The van der Waals surface area contributed by atoms with Gasteiger partial charge in [0.2, 0.25) is 0 Å². The Hall–Kier alpha value is -0.120. The van der Waals surface area contributed by atoms with Crippen molar-refractivity contribution in [2.45, 2.75) is 50.7 Å². The fourth-order valence-electron chi connectivity index (χ4n) is 3.30. The van der Waals surface area contributed by atoms with Crippen LogP contribution >= 0.6 is 0 Å². The van der Waals surface area contributed by atoms with Gasteiger partial charge in [-0.1, -0.05) is 6.92 Å². The van der Waals surface area contributed by atoms with Gasteiger partial charge in [-0.05, 0) is 50.5 Å². The molecular weight excluding hydrogens is 214 g/mol. The molecule has 3 heteroatoms. The van der Waals surface area contributed by atoms with Gasteiger partial charge in [0, 0.05) is 25.9 Å². The summed E-state index contributed by atoms with van der Waals surface area (Å²) in [6.45, 7) is 6.27. The highest BCUT2D eigenvalue weighted by Gasteiger charge is 2.39. The summed E-state index contributed by atoms with van der Waals surface area (Å²) in [5, 5.41) is 3.76. The average Bonchev–Trinajstić information content (AvgIpc) is 3.04. The van der Waals surface area contributed by atoms with Crippen LogP contribution in [0, 0.1) is 11.8 Å². The lowest BCUT2D eigenvalue weighted by Gasteiger charge is -2.43. The van der Waals surface area contributed by atoms with E-state index in [1.807, 2.05) is 0 Å². The Morgan fingerprint density at radius 1 is 1.24 bits per heavy atom. The third kappa shape index (κ3) is 2.83. The quantitative estimate of drug-likeness (QED) is 0.816. The molecule has 0 aromatic heterocycles. The number of rotatable bonds is 3. The second-order valence-corrected chi connectivity index (χ2v) is 6.21. The van der Waals surface area contributed by atoms with Gasteiger partial charge in [0.15, 0.2) is 0 Å². The lowest BCUT2D eigenvalue weighted by Crippen LogP contribution is -2.50. The third-order valence-corrected chi connectivity index (χ3v) is 4.84. The Labute approximate surface area is 104 Å². The second kappa shape index (κ2) is 4.87. The van der Waals surface area contributed by atoms with Crippen LogP contribution in [-0.4, -0.2) is 38.0 Å². The SMILES string of the molecule is CC1CC1CNC1CCOC2(CCOCC2)C1. The maximum Gasteiger partial charge on any atom is 0.0741 e. The first-order valence-corrected chi connectivity index (χ1v) is 7.22. The minimum Gasteiger partial charge on any atom is -0.381 e. The highest BCUT2D eigenvalue weighted by molar-refractivity contribution is 4.93. The van der Waals surface area contributed by atoms with Crippen molar-refractivity contribution in [1.29, 1.82) is 0 Å².